The highest BCUT2D eigenvalue weighted by Crippen LogP contribution is 2.28. The first-order chi connectivity index (χ1) is 15.6. The minimum Gasteiger partial charge on any atom is -0.497 e. The Morgan fingerprint density at radius 2 is 1.67 bits per heavy atom. The number of carbonyl (C=O) groups excluding carboxylic acids is 3. The Kier molecular flexibility index (Phi) is 7.10. The van der Waals surface area contributed by atoms with Gasteiger partial charge in [0.05, 0.1) is 13.0 Å². The molecular weight excluding hydrogens is 445 g/mol. The second kappa shape index (κ2) is 9.80. The molecule has 8 nitrogen and oxygen atoms in total. The lowest BCUT2D eigenvalue weighted by Crippen LogP contribution is -2.33. The summed E-state index contributed by atoms with van der Waals surface area (Å²) in [5.41, 5.74) is 0.805. The van der Waals surface area contributed by atoms with Gasteiger partial charge in [-0.2, -0.15) is 0 Å². The normalized spacial score (nSPS) is 16.8. The molecule has 11 heteroatoms. The largest absolute Gasteiger partial charge is 0.573 e. The Labute approximate surface area is 187 Å². The Balaban J connectivity index is 1.53. The summed E-state index contributed by atoms with van der Waals surface area (Å²) >= 11 is 0. The standard InChI is InChI=1S/C22H21F3N2O6/c1-13(20(29)26-15-3-7-18(8-4-15)33-22(23,24)25)32-21(30)14-11-19(28)27(12-14)16-5-9-17(31-2)10-6-16/h3-10,13-14H,11-12H2,1-2H3,(H,26,29)/t13-,14+/m0/s1. The van der Waals surface area contributed by atoms with E-state index in [9.17, 15) is 27.6 Å². The molecular formula is C22H21F3N2O6. The van der Waals surface area contributed by atoms with Crippen molar-refractivity contribution in [3.8, 4) is 11.5 Å². The van der Waals surface area contributed by atoms with Gasteiger partial charge in [0.1, 0.15) is 11.5 Å². The van der Waals surface area contributed by atoms with Gasteiger partial charge in [0.25, 0.3) is 5.91 Å². The van der Waals surface area contributed by atoms with Crippen LogP contribution in [0.2, 0.25) is 0 Å². The van der Waals surface area contributed by atoms with Gasteiger partial charge in [-0.05, 0) is 55.5 Å². The highest BCUT2D eigenvalue weighted by atomic mass is 19.4. The van der Waals surface area contributed by atoms with Crippen LogP contribution in [0.4, 0.5) is 24.5 Å². The van der Waals surface area contributed by atoms with Crippen molar-refractivity contribution >= 4 is 29.2 Å². The summed E-state index contributed by atoms with van der Waals surface area (Å²) in [6, 6.07) is 11.3. The average molecular weight is 466 g/mol. The summed E-state index contributed by atoms with van der Waals surface area (Å²) in [5, 5.41) is 2.44. The van der Waals surface area contributed by atoms with E-state index in [1.54, 1.807) is 24.3 Å². The van der Waals surface area contributed by atoms with Crippen molar-refractivity contribution in [3.05, 3.63) is 48.5 Å². The number of amides is 2. The van der Waals surface area contributed by atoms with Gasteiger partial charge in [0, 0.05) is 24.3 Å². The summed E-state index contributed by atoms with van der Waals surface area (Å²) in [6.07, 6.45) is -6.06. The van der Waals surface area contributed by atoms with Crippen LogP contribution in [0.25, 0.3) is 0 Å². The van der Waals surface area contributed by atoms with Crippen LogP contribution in [-0.2, 0) is 19.1 Å². The Morgan fingerprint density at radius 1 is 1.06 bits per heavy atom. The molecule has 1 N–H and O–H groups in total. The molecule has 1 aliphatic heterocycles. The van der Waals surface area contributed by atoms with E-state index in [0.717, 1.165) is 12.1 Å². The number of esters is 1. The van der Waals surface area contributed by atoms with Gasteiger partial charge in [-0.15, -0.1) is 13.2 Å². The van der Waals surface area contributed by atoms with Gasteiger partial charge in [0.15, 0.2) is 6.10 Å². The molecule has 0 saturated carbocycles. The number of carbonyl (C=O) groups is 3. The van der Waals surface area contributed by atoms with Gasteiger partial charge >= 0.3 is 12.3 Å². The van der Waals surface area contributed by atoms with E-state index in [0.29, 0.717) is 11.4 Å². The molecule has 1 heterocycles. The van der Waals surface area contributed by atoms with E-state index in [-0.39, 0.29) is 24.6 Å². The Morgan fingerprint density at radius 3 is 2.24 bits per heavy atom. The predicted octanol–water partition coefficient (Wildman–Crippen LogP) is 3.52. The van der Waals surface area contributed by atoms with Gasteiger partial charge < -0.3 is 24.4 Å². The predicted molar refractivity (Wildman–Crippen MR) is 111 cm³/mol. The third-order valence-corrected chi connectivity index (χ3v) is 4.86. The smallest absolute Gasteiger partial charge is 0.497 e. The van der Waals surface area contributed by atoms with Crippen molar-refractivity contribution in [2.75, 3.05) is 23.9 Å². The van der Waals surface area contributed by atoms with Gasteiger partial charge in [-0.3, -0.25) is 14.4 Å². The lowest BCUT2D eigenvalue weighted by Gasteiger charge is -2.18. The van der Waals surface area contributed by atoms with Crippen LogP contribution in [0.15, 0.2) is 48.5 Å². The lowest BCUT2D eigenvalue weighted by molar-refractivity contribution is -0.274. The summed E-state index contributed by atoms with van der Waals surface area (Å²) in [5.74, 6) is -2.18. The lowest BCUT2D eigenvalue weighted by atomic mass is 10.1. The molecule has 3 rings (SSSR count). The maximum Gasteiger partial charge on any atom is 0.573 e. The first kappa shape index (κ1) is 23.9. The summed E-state index contributed by atoms with van der Waals surface area (Å²) in [4.78, 5) is 38.6. The summed E-state index contributed by atoms with van der Waals surface area (Å²) in [7, 11) is 1.52. The fraction of sp³-hybridized carbons (Fsp3) is 0.318. The Hall–Kier alpha value is -3.76. The van der Waals surface area contributed by atoms with E-state index in [1.165, 1.54) is 31.1 Å². The zero-order valence-electron chi connectivity index (χ0n) is 17.7. The summed E-state index contributed by atoms with van der Waals surface area (Å²) in [6.45, 7) is 1.46. The maximum absolute atomic E-state index is 12.5. The first-order valence-electron chi connectivity index (χ1n) is 9.87. The molecule has 1 fully saturated rings. The second-order valence-electron chi connectivity index (χ2n) is 7.24. The first-order valence-corrected chi connectivity index (χ1v) is 9.87. The van der Waals surface area contributed by atoms with Gasteiger partial charge in [-0.1, -0.05) is 0 Å². The number of anilines is 2. The van der Waals surface area contributed by atoms with E-state index in [4.69, 9.17) is 9.47 Å². The molecule has 2 amide bonds. The molecule has 176 valence electrons. The number of hydrogen-bond donors (Lipinski definition) is 1. The zero-order valence-corrected chi connectivity index (χ0v) is 17.7. The minimum atomic E-state index is -4.82. The highest BCUT2D eigenvalue weighted by molar-refractivity contribution is 6.00. The quantitative estimate of drug-likeness (QED) is 0.628. The monoisotopic (exact) mass is 466 g/mol. The van der Waals surface area contributed by atoms with E-state index in [2.05, 4.69) is 10.1 Å². The molecule has 0 aliphatic carbocycles. The number of methoxy groups -OCH3 is 1. The van der Waals surface area contributed by atoms with Crippen molar-refractivity contribution in [2.45, 2.75) is 25.8 Å². The van der Waals surface area contributed by atoms with E-state index < -0.39 is 36.0 Å². The average Bonchev–Trinajstić information content (AvgIpc) is 3.16. The van der Waals surface area contributed by atoms with Crippen molar-refractivity contribution in [3.63, 3.8) is 0 Å². The number of halogens is 3. The number of nitrogens with zero attached hydrogens (tertiary/aromatic N) is 1. The number of ether oxygens (including phenoxy) is 3. The topological polar surface area (TPSA) is 94.2 Å². The third-order valence-electron chi connectivity index (χ3n) is 4.86. The van der Waals surface area contributed by atoms with Crippen LogP contribution in [0.5, 0.6) is 11.5 Å². The van der Waals surface area contributed by atoms with Gasteiger partial charge in [0.2, 0.25) is 5.91 Å². The van der Waals surface area contributed by atoms with Crippen molar-refractivity contribution in [2.24, 2.45) is 5.92 Å². The molecule has 0 spiro atoms. The fourth-order valence-corrected chi connectivity index (χ4v) is 3.18. The third kappa shape index (κ3) is 6.37. The molecule has 33 heavy (non-hydrogen) atoms. The fourth-order valence-electron chi connectivity index (χ4n) is 3.18. The molecule has 1 aliphatic rings. The molecule has 0 unspecified atom stereocenters. The molecule has 2 atom stereocenters. The number of rotatable bonds is 7. The van der Waals surface area contributed by atoms with Crippen molar-refractivity contribution in [1.29, 1.82) is 0 Å². The highest BCUT2D eigenvalue weighted by Gasteiger charge is 2.37. The van der Waals surface area contributed by atoms with Crippen LogP contribution < -0.4 is 19.7 Å². The summed E-state index contributed by atoms with van der Waals surface area (Å²) < 4.78 is 50.7. The zero-order chi connectivity index (χ0) is 24.2. The van der Waals surface area contributed by atoms with Crippen LogP contribution >= 0.6 is 0 Å². The SMILES string of the molecule is COc1ccc(N2C[C@H](C(=O)O[C@@H](C)C(=O)Nc3ccc(OC(F)(F)F)cc3)CC2=O)cc1. The van der Waals surface area contributed by atoms with Crippen molar-refractivity contribution < 1.29 is 41.8 Å². The molecule has 2 aromatic rings. The molecule has 1 saturated heterocycles. The molecule has 0 radical (unpaired) electrons. The van der Waals surface area contributed by atoms with E-state index >= 15 is 0 Å². The maximum atomic E-state index is 12.5. The number of alkyl halides is 3. The van der Waals surface area contributed by atoms with Crippen LogP contribution in [0.1, 0.15) is 13.3 Å². The Bertz CT molecular complexity index is 1010. The minimum absolute atomic E-state index is 0.0557. The number of hydrogen-bond acceptors (Lipinski definition) is 6. The molecule has 0 aromatic heterocycles. The van der Waals surface area contributed by atoms with Crippen LogP contribution in [0.3, 0.4) is 0 Å². The van der Waals surface area contributed by atoms with Gasteiger partial charge in [-0.25, -0.2) is 0 Å². The molecule has 0 bridgehead atoms. The number of benzene rings is 2. The van der Waals surface area contributed by atoms with Crippen LogP contribution in [-0.4, -0.2) is 43.9 Å². The van der Waals surface area contributed by atoms with E-state index in [1.807, 2.05) is 0 Å². The second-order valence-corrected chi connectivity index (χ2v) is 7.24. The van der Waals surface area contributed by atoms with Crippen LogP contribution in [0, 0.1) is 5.92 Å². The van der Waals surface area contributed by atoms with Crippen molar-refractivity contribution in [1.82, 2.24) is 0 Å². The number of nitrogens with one attached hydrogen (secondary N) is 1. The molecule has 2 aromatic carbocycles.